The number of nitrogens with zero attached hydrogens (tertiary/aromatic N) is 8. The largest absolute Gasteiger partial charge is 0.292 e. The predicted molar refractivity (Wildman–Crippen MR) is 553 cm³/mol. The molecular formula is C124H78N8. The third kappa shape index (κ3) is 13.5. The number of para-hydroxylation sites is 7. The first-order valence-electron chi connectivity index (χ1n) is 44.9. The fraction of sp³-hybridized carbons (Fsp3) is 0. The molecule has 27 rings (SSSR count). The molecule has 6 aromatic heterocycles. The Morgan fingerprint density at radius 3 is 1.17 bits per heavy atom. The van der Waals surface area contributed by atoms with Crippen molar-refractivity contribution in [3.8, 4) is 107 Å². The van der Waals surface area contributed by atoms with Gasteiger partial charge in [0.05, 0.1) is 61.4 Å². The maximum Gasteiger partial charge on any atom is 0.161 e. The minimum absolute atomic E-state index is 0.810. The maximum atomic E-state index is 5.51. The lowest BCUT2D eigenvalue weighted by molar-refractivity contribution is 0.949. The van der Waals surface area contributed by atoms with E-state index in [2.05, 4.69) is 447 Å². The van der Waals surface area contributed by atoms with E-state index in [0.29, 0.717) is 0 Å². The normalized spacial score (nSPS) is 11.6. The second-order valence-corrected chi connectivity index (χ2v) is 33.9. The predicted octanol–water partition coefficient (Wildman–Crippen LogP) is 32.5. The number of hydrogen-bond donors (Lipinski definition) is 0. The number of pyridine rings is 3. The highest BCUT2D eigenvalue weighted by molar-refractivity contribution is 6.27. The number of imidazole rings is 1. The average molecular weight is 1680 g/mol. The van der Waals surface area contributed by atoms with Gasteiger partial charge in [-0.3, -0.25) is 4.57 Å². The summed E-state index contributed by atoms with van der Waals surface area (Å²) in [6.45, 7) is 0. The summed E-state index contributed by atoms with van der Waals surface area (Å²) in [5.41, 5.74) is 25.6. The van der Waals surface area contributed by atoms with Crippen molar-refractivity contribution in [3.63, 3.8) is 0 Å². The van der Waals surface area contributed by atoms with Crippen molar-refractivity contribution >= 4 is 146 Å². The van der Waals surface area contributed by atoms with Gasteiger partial charge in [-0.2, -0.15) is 5.10 Å². The zero-order chi connectivity index (χ0) is 87.1. The molecule has 0 radical (unpaired) electrons. The first-order chi connectivity index (χ1) is 65.4. The molecule has 0 bridgehead atoms. The average Bonchev–Trinajstić information content (AvgIpc) is 0.809. The van der Waals surface area contributed by atoms with Crippen LogP contribution >= 0.6 is 0 Å². The minimum Gasteiger partial charge on any atom is -0.292 e. The standard InChI is InChI=1S/C49H30N4.C46H29N3.C29H19N/c1-2-13-33(14-3-1)45-30-46-39-18-8-10-20-43(39)51-49(53(46)52-45)34-25-23-32(24-26-34)41-29-42-47(38-17-7-6-16-37(38)41)40-19-9-11-21-44(40)50-48(42)36-27-22-31-12-4-5-15-35(31)28-36;1-2-14-36(15-3-1)49-42-20-9-8-19-41(42)47-46(49)33-24-22-32(23-25-33)38-17-10-18-39-43-37-16-7-6-12-31(37)27-28-40(43)44(48-45(38)39)35-26-21-30-11-4-5-13-34(30)29-35;1-2-8-20(9-3-1)21-14-16-23(17-15-21)29-26-19-18-22-10-4-5-11-24(22)28(26)25-12-6-7-13-27(25)30-29/h1-30H;1-29H;1-19H. The second kappa shape index (κ2) is 32.3. The van der Waals surface area contributed by atoms with E-state index < -0.39 is 0 Å². The van der Waals surface area contributed by atoms with E-state index in [9.17, 15) is 0 Å². The molecule has 132 heavy (non-hydrogen) atoms. The third-order valence-corrected chi connectivity index (χ3v) is 26.2. The fourth-order valence-corrected chi connectivity index (χ4v) is 19.9. The van der Waals surface area contributed by atoms with Gasteiger partial charge in [-0.15, -0.1) is 0 Å². The van der Waals surface area contributed by atoms with Crippen molar-refractivity contribution in [2.75, 3.05) is 0 Å². The number of aromatic nitrogens is 8. The summed E-state index contributed by atoms with van der Waals surface area (Å²) in [6, 6.07) is 168. The summed E-state index contributed by atoms with van der Waals surface area (Å²) >= 11 is 0. The molecule has 0 saturated heterocycles. The molecule has 27 aromatic rings. The molecule has 0 aliphatic rings. The van der Waals surface area contributed by atoms with Crippen molar-refractivity contribution in [2.24, 2.45) is 0 Å². The number of benzene rings is 21. The SMILES string of the molecule is c1ccc(-c2cc3c4ccccc4nc(-c4ccc(-c5cc6c(-c7ccc8ccccc8c7)nc7ccccc7c6c6ccccc56)cc4)n3n2)cc1.c1ccc(-c2ccc(-c3nc4ccccc4c4c3ccc3ccccc34)cc2)cc1.c1ccc(-n2c(-c3ccc(-c4cccc5c4nc(-c4ccc6ccccc6c4)c4ccc6ccccc6c45)cc3)nc3ccccc32)cc1. The van der Waals surface area contributed by atoms with Crippen molar-refractivity contribution < 1.29 is 0 Å². The summed E-state index contributed by atoms with van der Waals surface area (Å²) in [5, 5.41) is 29.2. The van der Waals surface area contributed by atoms with Crippen LogP contribution in [0.25, 0.3) is 253 Å². The van der Waals surface area contributed by atoms with E-state index in [-0.39, 0.29) is 0 Å². The first kappa shape index (κ1) is 76.7. The summed E-state index contributed by atoms with van der Waals surface area (Å²) in [7, 11) is 0. The molecule has 0 amide bonds. The Labute approximate surface area is 760 Å². The van der Waals surface area contributed by atoms with Crippen molar-refractivity contribution in [3.05, 3.63) is 473 Å². The van der Waals surface area contributed by atoms with E-state index in [1.54, 1.807) is 0 Å². The Morgan fingerprint density at radius 2 is 0.568 bits per heavy atom. The maximum absolute atomic E-state index is 5.51. The third-order valence-electron chi connectivity index (χ3n) is 26.2. The van der Waals surface area contributed by atoms with Gasteiger partial charge in [-0.05, 0) is 148 Å². The molecule has 0 N–H and O–H groups in total. The van der Waals surface area contributed by atoms with E-state index in [1.165, 1.54) is 97.5 Å². The zero-order valence-electron chi connectivity index (χ0n) is 71.6. The van der Waals surface area contributed by atoms with Crippen molar-refractivity contribution in [1.82, 2.24) is 39.1 Å². The lowest BCUT2D eigenvalue weighted by Gasteiger charge is -2.16. The smallest absolute Gasteiger partial charge is 0.161 e. The molecule has 614 valence electrons. The van der Waals surface area contributed by atoms with Crippen LogP contribution in [0.15, 0.2) is 473 Å². The van der Waals surface area contributed by atoms with Gasteiger partial charge >= 0.3 is 0 Å². The Kier molecular flexibility index (Phi) is 18.8. The second-order valence-electron chi connectivity index (χ2n) is 33.9. The van der Waals surface area contributed by atoms with E-state index >= 15 is 0 Å². The van der Waals surface area contributed by atoms with Gasteiger partial charge in [-0.25, -0.2) is 29.4 Å². The summed E-state index contributed by atoms with van der Waals surface area (Å²) in [4.78, 5) is 26.2. The van der Waals surface area contributed by atoms with Crippen molar-refractivity contribution in [1.29, 1.82) is 0 Å². The molecule has 8 nitrogen and oxygen atoms in total. The molecule has 0 atom stereocenters. The van der Waals surface area contributed by atoms with Crippen LogP contribution in [0.4, 0.5) is 0 Å². The molecule has 0 unspecified atom stereocenters. The monoisotopic (exact) mass is 1680 g/mol. The molecule has 0 aliphatic carbocycles. The molecule has 0 spiro atoms. The highest BCUT2D eigenvalue weighted by atomic mass is 15.3. The van der Waals surface area contributed by atoms with Crippen molar-refractivity contribution in [2.45, 2.75) is 0 Å². The first-order valence-corrected chi connectivity index (χ1v) is 44.9. The van der Waals surface area contributed by atoms with E-state index in [0.717, 1.165) is 156 Å². The molecule has 21 aromatic carbocycles. The highest BCUT2D eigenvalue weighted by Gasteiger charge is 2.24. The van der Waals surface area contributed by atoms with Gasteiger partial charge in [-0.1, -0.05) is 406 Å². The van der Waals surface area contributed by atoms with Crippen LogP contribution in [0.2, 0.25) is 0 Å². The Balaban J connectivity index is 0.000000110. The number of rotatable bonds is 10. The van der Waals surface area contributed by atoms with E-state index in [4.69, 9.17) is 30.0 Å². The van der Waals surface area contributed by atoms with Crippen LogP contribution in [0.5, 0.6) is 0 Å². The minimum atomic E-state index is 0.810. The highest BCUT2D eigenvalue weighted by Crippen LogP contribution is 2.47. The Bertz CT molecular complexity index is 9240. The van der Waals surface area contributed by atoms with Crippen LogP contribution in [0, 0.1) is 0 Å². The molecular weight excluding hydrogens is 1600 g/mol. The van der Waals surface area contributed by atoms with Crippen LogP contribution in [-0.2, 0) is 0 Å². The van der Waals surface area contributed by atoms with Crippen LogP contribution in [0.1, 0.15) is 0 Å². The van der Waals surface area contributed by atoms with Gasteiger partial charge < -0.3 is 0 Å². The van der Waals surface area contributed by atoms with Crippen LogP contribution < -0.4 is 0 Å². The molecule has 8 heteroatoms. The van der Waals surface area contributed by atoms with Gasteiger partial charge in [0.2, 0.25) is 0 Å². The summed E-state index contributed by atoms with van der Waals surface area (Å²) in [6.07, 6.45) is 0. The zero-order valence-corrected chi connectivity index (χ0v) is 71.6. The summed E-state index contributed by atoms with van der Waals surface area (Å²) < 4.78 is 4.24. The number of fused-ring (bicyclic) bond motifs is 21. The quantitative estimate of drug-likeness (QED) is 0.127. The number of hydrogen-bond acceptors (Lipinski definition) is 6. The van der Waals surface area contributed by atoms with Gasteiger partial charge in [0.15, 0.2) is 5.82 Å². The molecule has 6 heterocycles. The Morgan fingerprint density at radius 1 is 0.174 bits per heavy atom. The molecule has 0 aliphatic heterocycles. The lowest BCUT2D eigenvalue weighted by Crippen LogP contribution is -1.99. The van der Waals surface area contributed by atoms with E-state index in [1.807, 2.05) is 34.8 Å². The topological polar surface area (TPSA) is 86.7 Å². The van der Waals surface area contributed by atoms with Crippen LogP contribution in [0.3, 0.4) is 0 Å². The summed E-state index contributed by atoms with van der Waals surface area (Å²) in [5.74, 6) is 1.73. The van der Waals surface area contributed by atoms with Gasteiger partial charge in [0.1, 0.15) is 5.82 Å². The lowest BCUT2D eigenvalue weighted by atomic mass is 9.89. The molecule has 0 fully saturated rings. The Hall–Kier alpha value is -17.7. The molecule has 0 saturated carbocycles. The van der Waals surface area contributed by atoms with Crippen LogP contribution in [-0.4, -0.2) is 39.1 Å². The van der Waals surface area contributed by atoms with Gasteiger partial charge in [0.25, 0.3) is 0 Å². The fourth-order valence-electron chi connectivity index (χ4n) is 19.9. The van der Waals surface area contributed by atoms with Gasteiger partial charge in [0, 0.05) is 98.5 Å².